The summed E-state index contributed by atoms with van der Waals surface area (Å²) in [4.78, 5) is 0. The summed E-state index contributed by atoms with van der Waals surface area (Å²) >= 11 is 4.69. The Morgan fingerprint density at radius 2 is 2.00 bits per heavy atom. The second-order valence-corrected chi connectivity index (χ2v) is 0.514. The van der Waals surface area contributed by atoms with Gasteiger partial charge in [0, 0.05) is 5.54 Å². The van der Waals surface area contributed by atoms with Gasteiger partial charge in [-0.05, 0) is 0 Å². The maximum absolute atomic E-state index is 8.99. The number of halogens is 1. The van der Waals surface area contributed by atoms with E-state index in [1.807, 2.05) is 0 Å². The van der Waals surface area contributed by atoms with Crippen LogP contribution in [0.2, 0.25) is 0 Å². The van der Waals surface area contributed by atoms with Crippen molar-refractivity contribution in [3.05, 3.63) is 11.8 Å². The maximum Gasteiger partial charge on any atom is 0.154 e. The highest BCUT2D eigenvalue weighted by molar-refractivity contribution is 6.25. The van der Waals surface area contributed by atoms with Gasteiger partial charge in [0.2, 0.25) is 0 Å². The molecule has 1 radical (unpaired) electrons. The highest BCUT2D eigenvalue weighted by atomic mass is 35.5. The van der Waals surface area contributed by atoms with Gasteiger partial charge in [-0.3, -0.25) is 5.11 Å². The average Bonchev–Trinajstić information content (AvgIpc) is 1.37. The standard InChI is InChI=1S/C2H2ClO/c3-1-2-4/h1-2H/b2-1+. The van der Waals surface area contributed by atoms with Crippen molar-refractivity contribution in [1.82, 2.24) is 0 Å². The van der Waals surface area contributed by atoms with E-state index in [0.717, 1.165) is 5.54 Å². The quantitative estimate of drug-likeness (QED) is 0.386. The van der Waals surface area contributed by atoms with Crippen LogP contribution in [0.5, 0.6) is 0 Å². The third kappa shape index (κ3) is 1.83. The van der Waals surface area contributed by atoms with Crippen molar-refractivity contribution in [2.24, 2.45) is 0 Å². The molecular weight excluding hydrogens is 75.5 g/mol. The molecule has 0 aliphatic heterocycles. The Morgan fingerprint density at radius 3 is 2.00 bits per heavy atom. The van der Waals surface area contributed by atoms with Crippen molar-refractivity contribution >= 4 is 11.6 Å². The second kappa shape index (κ2) is 2.83. The first-order valence-corrected chi connectivity index (χ1v) is 1.22. The molecule has 0 aliphatic rings. The van der Waals surface area contributed by atoms with E-state index in [-0.39, 0.29) is 0 Å². The Morgan fingerprint density at radius 1 is 1.75 bits per heavy atom. The molecule has 0 saturated carbocycles. The Bertz CT molecular complexity index is 21.2. The van der Waals surface area contributed by atoms with Crippen LogP contribution in [0.15, 0.2) is 11.8 Å². The third-order valence-electron chi connectivity index (χ3n) is 0.0514. The highest BCUT2D eigenvalue weighted by Gasteiger charge is 1.43. The van der Waals surface area contributed by atoms with Gasteiger partial charge < -0.3 is 0 Å². The summed E-state index contributed by atoms with van der Waals surface area (Å²) in [6.45, 7) is 0. The van der Waals surface area contributed by atoms with E-state index in [1.165, 1.54) is 0 Å². The highest BCUT2D eigenvalue weighted by Crippen LogP contribution is 1.68. The molecule has 0 fully saturated rings. The van der Waals surface area contributed by atoms with Crippen molar-refractivity contribution in [2.75, 3.05) is 0 Å². The molecule has 0 unspecified atom stereocenters. The fourth-order valence-electron chi connectivity index (χ4n) is 0. The Balaban J connectivity index is 2.55. The molecular formula is C2H2ClO. The van der Waals surface area contributed by atoms with E-state index >= 15 is 0 Å². The van der Waals surface area contributed by atoms with Gasteiger partial charge >= 0.3 is 0 Å². The maximum atomic E-state index is 8.99. The summed E-state index contributed by atoms with van der Waals surface area (Å²) in [6, 6.07) is 0. The van der Waals surface area contributed by atoms with Crippen molar-refractivity contribution in [3.8, 4) is 0 Å². The van der Waals surface area contributed by atoms with Crippen LogP contribution in [-0.2, 0) is 5.11 Å². The van der Waals surface area contributed by atoms with Crippen LogP contribution in [0.1, 0.15) is 0 Å². The van der Waals surface area contributed by atoms with Gasteiger partial charge in [-0.1, -0.05) is 11.6 Å². The molecule has 0 aromatic carbocycles. The summed E-state index contributed by atoms with van der Waals surface area (Å²) in [5, 5.41) is 8.99. The monoisotopic (exact) mass is 77.0 g/mol. The molecule has 0 amide bonds. The Labute approximate surface area is 29.5 Å². The summed E-state index contributed by atoms with van der Waals surface area (Å²) in [6.07, 6.45) is 0.515. The molecule has 0 heterocycles. The van der Waals surface area contributed by atoms with Crippen molar-refractivity contribution in [3.63, 3.8) is 0 Å². The summed E-state index contributed by atoms with van der Waals surface area (Å²) in [7, 11) is 0. The van der Waals surface area contributed by atoms with Crippen molar-refractivity contribution < 1.29 is 5.11 Å². The van der Waals surface area contributed by atoms with Gasteiger partial charge in [-0.25, -0.2) is 0 Å². The predicted molar refractivity (Wildman–Crippen MR) is 15.7 cm³/mol. The lowest BCUT2D eigenvalue weighted by Crippen LogP contribution is -1.27. The fraction of sp³-hybridized carbons (Fsp3) is 0. The lowest BCUT2D eigenvalue weighted by atomic mass is 11.2. The molecule has 0 atom stereocenters. The summed E-state index contributed by atoms with van der Waals surface area (Å²) in [5.41, 5.74) is 0.917. The van der Waals surface area contributed by atoms with E-state index in [2.05, 4.69) is 0 Å². The Kier molecular flexibility index (Phi) is 2.71. The van der Waals surface area contributed by atoms with E-state index in [1.54, 1.807) is 0 Å². The second-order valence-electron chi connectivity index (χ2n) is 0.262. The van der Waals surface area contributed by atoms with Gasteiger partial charge in [0.1, 0.15) is 0 Å². The smallest absolute Gasteiger partial charge is 0.154 e. The number of hydrogen-bond donors (Lipinski definition) is 0. The number of hydrogen-bond acceptors (Lipinski definition) is 0. The first-order valence-electron chi connectivity index (χ1n) is 0.787. The van der Waals surface area contributed by atoms with Crippen LogP contribution in [0.25, 0.3) is 0 Å². The molecule has 1 nitrogen and oxygen atoms in total. The lowest BCUT2D eigenvalue weighted by Gasteiger charge is -1.43. The van der Waals surface area contributed by atoms with Gasteiger partial charge in [0.25, 0.3) is 0 Å². The van der Waals surface area contributed by atoms with Crippen LogP contribution in [0, 0.1) is 0 Å². The van der Waals surface area contributed by atoms with Crippen LogP contribution in [-0.4, -0.2) is 0 Å². The molecule has 0 rings (SSSR count). The fourth-order valence-corrected chi connectivity index (χ4v) is 0. The molecule has 4 heavy (non-hydrogen) atoms. The molecule has 23 valence electrons. The minimum atomic E-state index is 0.515. The van der Waals surface area contributed by atoms with Gasteiger partial charge in [0.05, 0.1) is 0 Å². The Hall–Kier alpha value is -0.170. The van der Waals surface area contributed by atoms with Crippen molar-refractivity contribution in [2.45, 2.75) is 0 Å². The molecule has 0 saturated heterocycles. The van der Waals surface area contributed by atoms with Crippen LogP contribution >= 0.6 is 11.6 Å². The molecule has 0 N–H and O–H groups in total. The largest absolute Gasteiger partial charge is 0.298 e. The van der Waals surface area contributed by atoms with Gasteiger partial charge in [0.15, 0.2) is 6.26 Å². The molecule has 0 aliphatic carbocycles. The number of rotatable bonds is 0. The zero-order valence-corrected chi connectivity index (χ0v) is 2.70. The van der Waals surface area contributed by atoms with E-state index in [4.69, 9.17) is 16.7 Å². The minimum absolute atomic E-state index is 0.515. The normalized spacial score (nSPS) is 9.25. The van der Waals surface area contributed by atoms with E-state index < -0.39 is 0 Å². The summed E-state index contributed by atoms with van der Waals surface area (Å²) in [5.74, 6) is 0. The average molecular weight is 77.5 g/mol. The molecule has 2 heteroatoms. The van der Waals surface area contributed by atoms with Crippen LogP contribution < -0.4 is 0 Å². The summed E-state index contributed by atoms with van der Waals surface area (Å²) < 4.78 is 0. The molecule has 0 aromatic rings. The molecule has 0 bridgehead atoms. The van der Waals surface area contributed by atoms with Crippen LogP contribution in [0.3, 0.4) is 0 Å². The van der Waals surface area contributed by atoms with E-state index in [9.17, 15) is 0 Å². The SMILES string of the molecule is [O]/C=C/Cl. The first kappa shape index (κ1) is 3.83. The lowest BCUT2D eigenvalue weighted by molar-refractivity contribution is 0.352. The minimum Gasteiger partial charge on any atom is -0.298 e. The van der Waals surface area contributed by atoms with Crippen LogP contribution in [0.4, 0.5) is 0 Å². The van der Waals surface area contributed by atoms with Gasteiger partial charge in [-0.2, -0.15) is 0 Å². The molecule has 0 spiro atoms. The van der Waals surface area contributed by atoms with Gasteiger partial charge in [-0.15, -0.1) is 0 Å². The van der Waals surface area contributed by atoms with E-state index in [0.29, 0.717) is 6.26 Å². The zero-order chi connectivity index (χ0) is 3.41. The first-order chi connectivity index (χ1) is 1.91. The molecule has 0 aromatic heterocycles. The van der Waals surface area contributed by atoms with Crippen molar-refractivity contribution in [1.29, 1.82) is 0 Å². The zero-order valence-electron chi connectivity index (χ0n) is 1.94. The predicted octanol–water partition coefficient (Wildman–Crippen LogP) is 1.13. The third-order valence-corrected chi connectivity index (χ3v) is 0.154. The topological polar surface area (TPSA) is 19.9 Å².